The zero-order chi connectivity index (χ0) is 23.5. The van der Waals surface area contributed by atoms with Gasteiger partial charge in [-0.1, -0.05) is 49.2 Å². The van der Waals surface area contributed by atoms with Crippen LogP contribution in [0.2, 0.25) is 0 Å². The van der Waals surface area contributed by atoms with E-state index >= 15 is 0 Å². The lowest BCUT2D eigenvalue weighted by atomic mass is 9.52. The minimum atomic E-state index is -0.851. The third kappa shape index (κ3) is 4.19. The second-order valence-electron chi connectivity index (χ2n) is 9.43. The van der Waals surface area contributed by atoms with E-state index in [1.165, 1.54) is 24.0 Å². The molecule has 3 aliphatic rings. The number of carbonyl (C=O) groups is 2. The highest BCUT2D eigenvalue weighted by molar-refractivity contribution is 5.69. The third-order valence-electron chi connectivity index (χ3n) is 7.72. The van der Waals surface area contributed by atoms with Crippen LogP contribution in [0.1, 0.15) is 55.7 Å². The van der Waals surface area contributed by atoms with E-state index in [1.807, 2.05) is 53.4 Å². The van der Waals surface area contributed by atoms with Gasteiger partial charge in [0.2, 0.25) is 0 Å². The molecule has 5 rings (SSSR count). The average Bonchev–Trinajstić information content (AvgIpc) is 2.87. The molecule has 0 N–H and O–H groups in total. The molecule has 2 aliphatic carbocycles. The molecule has 0 radical (unpaired) electrons. The van der Waals surface area contributed by atoms with E-state index < -0.39 is 6.16 Å². The highest BCUT2D eigenvalue weighted by Gasteiger charge is 2.55. The van der Waals surface area contributed by atoms with E-state index in [0.29, 0.717) is 18.2 Å². The molecule has 2 fully saturated rings. The first kappa shape index (κ1) is 22.6. The maximum atomic E-state index is 13.1. The van der Waals surface area contributed by atoms with Crippen molar-refractivity contribution in [1.82, 2.24) is 4.90 Å². The van der Waals surface area contributed by atoms with Crippen molar-refractivity contribution in [2.24, 2.45) is 5.92 Å². The van der Waals surface area contributed by atoms with E-state index in [-0.39, 0.29) is 30.8 Å². The summed E-state index contributed by atoms with van der Waals surface area (Å²) in [5.41, 5.74) is 3.50. The van der Waals surface area contributed by atoms with Crippen LogP contribution in [-0.4, -0.2) is 36.3 Å². The summed E-state index contributed by atoms with van der Waals surface area (Å²) in [7, 11) is 0. The quantitative estimate of drug-likeness (QED) is 0.328. The van der Waals surface area contributed by atoms with Gasteiger partial charge in [0.15, 0.2) is 5.75 Å². The number of likely N-dealkylation sites (tertiary alicyclic amines) is 1. The lowest BCUT2D eigenvalue weighted by Crippen LogP contribution is -2.62. The molecule has 1 heterocycles. The zero-order valence-electron chi connectivity index (χ0n) is 19.5. The van der Waals surface area contributed by atoms with E-state index in [0.717, 1.165) is 31.2 Å². The van der Waals surface area contributed by atoms with Crippen molar-refractivity contribution >= 4 is 12.2 Å². The Kier molecular flexibility index (Phi) is 6.35. The molecule has 0 spiro atoms. The topological polar surface area (TPSA) is 74.3 Å². The van der Waals surface area contributed by atoms with Crippen LogP contribution in [0.5, 0.6) is 5.75 Å². The molecule has 2 aromatic rings. The first-order valence-corrected chi connectivity index (χ1v) is 12.2. The van der Waals surface area contributed by atoms with Gasteiger partial charge >= 0.3 is 12.2 Å². The molecular weight excluding hydrogens is 434 g/mol. The molecule has 34 heavy (non-hydrogen) atoms. The van der Waals surface area contributed by atoms with Gasteiger partial charge in [-0.15, -0.1) is 0 Å². The average molecular weight is 466 g/mol. The fraction of sp³-hybridized carbons (Fsp3) is 0.481. The normalized spacial score (nSPS) is 24.9. The summed E-state index contributed by atoms with van der Waals surface area (Å²) in [5.74, 6) is 0.877. The van der Waals surface area contributed by atoms with Gasteiger partial charge in [-0.25, -0.2) is 9.68 Å². The standard InChI is InChI=1S/C27H31NO6/c1-2-31-26(30)34-33-21-12-11-20-16-24-22-10-6-7-13-27(22,23(20)17-21)14-15-28(24)25(29)32-18-19-8-4-3-5-9-19/h3-5,8-9,11-12,17,22,24H,2,6-7,10,13-16,18H2,1H3/t22-,24+,27+/m0/s1. The summed E-state index contributed by atoms with van der Waals surface area (Å²) in [6, 6.07) is 15.8. The Bertz CT molecular complexity index is 1040. The Morgan fingerprint density at radius 1 is 1.06 bits per heavy atom. The van der Waals surface area contributed by atoms with E-state index in [9.17, 15) is 9.59 Å². The van der Waals surface area contributed by atoms with Crippen molar-refractivity contribution in [1.29, 1.82) is 0 Å². The Labute approximate surface area is 199 Å². The minimum absolute atomic E-state index is 0.00993. The second kappa shape index (κ2) is 9.57. The molecule has 1 amide bonds. The monoisotopic (exact) mass is 465 g/mol. The summed E-state index contributed by atoms with van der Waals surface area (Å²) in [6.07, 6.45) is 5.15. The highest BCUT2D eigenvalue weighted by Crippen LogP contribution is 2.56. The van der Waals surface area contributed by atoms with Crippen LogP contribution >= 0.6 is 0 Å². The van der Waals surface area contributed by atoms with Gasteiger partial charge in [-0.05, 0) is 67.3 Å². The number of carbonyl (C=O) groups excluding carboxylic acids is 2. The van der Waals surface area contributed by atoms with Crippen LogP contribution < -0.4 is 4.89 Å². The molecule has 1 saturated heterocycles. The first-order valence-electron chi connectivity index (χ1n) is 12.2. The minimum Gasteiger partial charge on any atom is -0.445 e. The molecular formula is C27H31NO6. The van der Waals surface area contributed by atoms with Gasteiger partial charge in [0.1, 0.15) is 6.61 Å². The number of amides is 1. The molecule has 7 heteroatoms. The lowest BCUT2D eigenvalue weighted by molar-refractivity contribution is -0.167. The van der Waals surface area contributed by atoms with Crippen LogP contribution in [0.15, 0.2) is 48.5 Å². The number of fused-ring (bicyclic) bond motifs is 1. The molecule has 180 valence electrons. The van der Waals surface area contributed by atoms with E-state index in [1.54, 1.807) is 6.92 Å². The van der Waals surface area contributed by atoms with Gasteiger partial charge in [0.25, 0.3) is 0 Å². The van der Waals surface area contributed by atoms with Gasteiger partial charge in [-0.3, -0.25) is 4.89 Å². The molecule has 0 aromatic heterocycles. The van der Waals surface area contributed by atoms with Crippen molar-refractivity contribution in [2.45, 2.75) is 63.5 Å². The Balaban J connectivity index is 1.36. The van der Waals surface area contributed by atoms with Crippen molar-refractivity contribution in [3.8, 4) is 5.75 Å². The van der Waals surface area contributed by atoms with E-state index in [4.69, 9.17) is 19.2 Å². The van der Waals surface area contributed by atoms with Crippen LogP contribution in [-0.2, 0) is 32.8 Å². The number of benzene rings is 2. The van der Waals surface area contributed by atoms with E-state index in [2.05, 4.69) is 0 Å². The maximum Gasteiger partial charge on any atom is 0.549 e. The fourth-order valence-corrected chi connectivity index (χ4v) is 6.29. The number of ether oxygens (including phenoxy) is 2. The number of nitrogens with zero attached hydrogens (tertiary/aromatic N) is 1. The summed E-state index contributed by atoms with van der Waals surface area (Å²) < 4.78 is 10.5. The summed E-state index contributed by atoms with van der Waals surface area (Å²) in [6.45, 7) is 2.90. The SMILES string of the molecule is CCOC(=O)OOc1ccc2c(c1)[C@@]13CCCC[C@H]1[C@@H](C2)N(C(=O)OCc1ccccc1)CC3. The molecule has 3 atom stereocenters. The molecule has 0 unspecified atom stereocenters. The lowest BCUT2D eigenvalue weighted by Gasteiger charge is -2.58. The zero-order valence-corrected chi connectivity index (χ0v) is 19.5. The number of hydrogen-bond donors (Lipinski definition) is 0. The molecule has 2 aromatic carbocycles. The van der Waals surface area contributed by atoms with Gasteiger partial charge < -0.3 is 14.4 Å². The number of hydrogen-bond acceptors (Lipinski definition) is 6. The summed E-state index contributed by atoms with van der Waals surface area (Å²) in [4.78, 5) is 36.7. The Hall–Kier alpha value is -3.22. The van der Waals surface area contributed by atoms with Crippen molar-refractivity contribution < 1.29 is 28.8 Å². The molecule has 7 nitrogen and oxygen atoms in total. The predicted molar refractivity (Wildman–Crippen MR) is 124 cm³/mol. The number of rotatable bonds is 5. The fourth-order valence-electron chi connectivity index (χ4n) is 6.29. The molecule has 1 saturated carbocycles. The summed E-state index contributed by atoms with van der Waals surface area (Å²) >= 11 is 0. The van der Waals surface area contributed by atoms with Crippen LogP contribution in [0.3, 0.4) is 0 Å². The Morgan fingerprint density at radius 2 is 1.91 bits per heavy atom. The summed E-state index contributed by atoms with van der Waals surface area (Å²) in [5, 5.41) is 0. The van der Waals surface area contributed by atoms with Gasteiger partial charge in [-0.2, -0.15) is 4.79 Å². The van der Waals surface area contributed by atoms with Gasteiger partial charge in [0.05, 0.1) is 6.61 Å². The largest absolute Gasteiger partial charge is 0.549 e. The third-order valence-corrected chi connectivity index (χ3v) is 7.72. The Morgan fingerprint density at radius 3 is 2.74 bits per heavy atom. The van der Waals surface area contributed by atoms with Crippen molar-refractivity contribution in [3.05, 3.63) is 65.2 Å². The van der Waals surface area contributed by atoms with Crippen molar-refractivity contribution in [2.75, 3.05) is 13.2 Å². The maximum absolute atomic E-state index is 13.1. The highest BCUT2D eigenvalue weighted by atomic mass is 17.2. The molecule has 1 aliphatic heterocycles. The van der Waals surface area contributed by atoms with Crippen LogP contribution in [0.25, 0.3) is 0 Å². The second-order valence-corrected chi connectivity index (χ2v) is 9.43. The first-order chi connectivity index (χ1) is 16.6. The van der Waals surface area contributed by atoms with Gasteiger partial charge in [0, 0.05) is 18.0 Å². The molecule has 2 bridgehead atoms. The smallest absolute Gasteiger partial charge is 0.445 e. The van der Waals surface area contributed by atoms with Crippen molar-refractivity contribution in [3.63, 3.8) is 0 Å². The predicted octanol–water partition coefficient (Wildman–Crippen LogP) is 5.55. The van der Waals surface area contributed by atoms with Crippen LogP contribution in [0, 0.1) is 5.92 Å². The van der Waals surface area contributed by atoms with Crippen LogP contribution in [0.4, 0.5) is 9.59 Å². The number of piperidine rings is 1.